The number of aliphatic hydroxyl groups is 2. The molecule has 2 aromatic rings. The Morgan fingerprint density at radius 1 is 1.11 bits per heavy atom. The Morgan fingerprint density at radius 2 is 1.86 bits per heavy atom. The van der Waals surface area contributed by atoms with Crippen LogP contribution in [0.4, 0.5) is 16.2 Å². The van der Waals surface area contributed by atoms with Gasteiger partial charge in [-0.1, -0.05) is 49.6 Å². The van der Waals surface area contributed by atoms with E-state index in [4.69, 9.17) is 16.7 Å². The number of nitrogens with zero attached hydrogens (tertiary/aromatic N) is 2. The second-order valence-electron chi connectivity index (χ2n) is 9.64. The van der Waals surface area contributed by atoms with Crippen molar-refractivity contribution in [2.45, 2.75) is 58.1 Å². The Balaban J connectivity index is 1.53. The second kappa shape index (κ2) is 14.5. The zero-order chi connectivity index (χ0) is 25.0. The highest BCUT2D eigenvalue weighted by Gasteiger charge is 2.28. The number of hydrogen-bond donors (Lipinski definition) is 5. The molecule has 0 spiro atoms. The highest BCUT2D eigenvalue weighted by atomic mass is 35.5. The van der Waals surface area contributed by atoms with Crippen molar-refractivity contribution >= 4 is 23.4 Å². The van der Waals surface area contributed by atoms with Crippen LogP contribution in [-0.2, 0) is 6.54 Å². The second-order valence-corrected chi connectivity index (χ2v) is 10.0. The molecule has 0 radical (unpaired) electrons. The minimum atomic E-state index is -0.662. The molecular weight excluding hydrogens is 469 g/mol. The Hall–Kier alpha value is -2.00. The Bertz CT molecular complexity index is 906. The molecule has 1 aliphatic carbocycles. The van der Waals surface area contributed by atoms with Crippen LogP contribution in [0.1, 0.15) is 51.0 Å². The lowest BCUT2D eigenvalue weighted by Crippen LogP contribution is -2.34. The summed E-state index contributed by atoms with van der Waals surface area (Å²) in [7, 11) is 0. The average Bonchev–Trinajstić information content (AvgIpc) is 2.86. The molecule has 0 aliphatic heterocycles. The summed E-state index contributed by atoms with van der Waals surface area (Å²) in [5.41, 5.74) is 0.922. The third-order valence-corrected chi connectivity index (χ3v) is 7.06. The van der Waals surface area contributed by atoms with Gasteiger partial charge in [0.15, 0.2) is 11.6 Å². The molecule has 7 nitrogen and oxygen atoms in total. The molecule has 1 saturated carbocycles. The number of rotatable bonds is 14. The van der Waals surface area contributed by atoms with E-state index in [-0.39, 0.29) is 12.4 Å². The lowest BCUT2D eigenvalue weighted by Gasteiger charge is -2.35. The van der Waals surface area contributed by atoms with E-state index < -0.39 is 11.9 Å². The molecule has 0 saturated heterocycles. The predicted octanol–water partition coefficient (Wildman–Crippen LogP) is 4.46. The number of aliphatic hydroxyl groups excluding tert-OH is 2. The summed E-state index contributed by atoms with van der Waals surface area (Å²) in [6.45, 7) is 4.73. The Labute approximate surface area is 212 Å². The van der Waals surface area contributed by atoms with E-state index in [9.17, 15) is 9.50 Å². The third kappa shape index (κ3) is 9.18. The first-order chi connectivity index (χ1) is 17.0. The molecule has 9 heteroatoms. The molecule has 2 unspecified atom stereocenters. The molecule has 3 rings (SSSR count). The first-order valence-electron chi connectivity index (χ1n) is 12.7. The number of hydrogen-bond acceptors (Lipinski definition) is 7. The van der Waals surface area contributed by atoms with Crippen LogP contribution in [0.5, 0.6) is 0 Å². The first-order valence-corrected chi connectivity index (χ1v) is 13.1. The molecule has 5 N–H and O–H groups in total. The van der Waals surface area contributed by atoms with Crippen molar-refractivity contribution in [2.24, 2.45) is 17.8 Å². The van der Waals surface area contributed by atoms with Gasteiger partial charge in [-0.3, -0.25) is 0 Å². The third-order valence-electron chi connectivity index (χ3n) is 6.69. The van der Waals surface area contributed by atoms with Crippen molar-refractivity contribution in [1.29, 1.82) is 0 Å². The number of aromatic nitrogens is 2. The molecule has 1 aromatic heterocycles. The van der Waals surface area contributed by atoms with Gasteiger partial charge in [0.25, 0.3) is 0 Å². The molecule has 0 amide bonds. The smallest absolute Gasteiger partial charge is 0.225 e. The van der Waals surface area contributed by atoms with Crippen LogP contribution >= 0.6 is 11.6 Å². The number of halogens is 2. The predicted molar refractivity (Wildman–Crippen MR) is 139 cm³/mol. The van der Waals surface area contributed by atoms with Gasteiger partial charge in [0.05, 0.1) is 18.9 Å². The lowest BCUT2D eigenvalue weighted by atomic mass is 9.73. The standard InChI is InChI=1S/C26H39ClFN5O2/c1-2-5-18-10-19(13-29-9-8-22(35)17-34)12-20(11-18)14-30-25-24(28)16-32-26(33-25)31-15-21-6-3-4-7-23(21)27/h3-4,6-7,16,18-20,22,29,34-35H,2,5,8-15,17H2,1H3,(H2,30,31,32,33)/t18?,19-,20-,22?/m1/s1. The first kappa shape index (κ1) is 27.6. The van der Waals surface area contributed by atoms with E-state index >= 15 is 0 Å². The van der Waals surface area contributed by atoms with Crippen molar-refractivity contribution in [3.63, 3.8) is 0 Å². The zero-order valence-electron chi connectivity index (χ0n) is 20.5. The monoisotopic (exact) mass is 507 g/mol. The molecule has 1 aromatic carbocycles. The van der Waals surface area contributed by atoms with Gasteiger partial charge in [-0.05, 0) is 68.2 Å². The fourth-order valence-corrected chi connectivity index (χ4v) is 5.18. The van der Waals surface area contributed by atoms with Crippen LogP contribution in [-0.4, -0.2) is 52.5 Å². The van der Waals surface area contributed by atoms with E-state index in [0.717, 1.165) is 31.4 Å². The van der Waals surface area contributed by atoms with Crippen molar-refractivity contribution in [2.75, 3.05) is 36.9 Å². The molecule has 1 aliphatic rings. The molecule has 4 atom stereocenters. The number of benzene rings is 1. The van der Waals surface area contributed by atoms with E-state index in [1.165, 1.54) is 19.0 Å². The van der Waals surface area contributed by atoms with Crippen LogP contribution < -0.4 is 16.0 Å². The molecular formula is C26H39ClFN5O2. The Morgan fingerprint density at radius 3 is 2.60 bits per heavy atom. The summed E-state index contributed by atoms with van der Waals surface area (Å²) in [5, 5.41) is 28.9. The van der Waals surface area contributed by atoms with Crippen LogP contribution in [0.2, 0.25) is 5.02 Å². The van der Waals surface area contributed by atoms with Gasteiger partial charge >= 0.3 is 0 Å². The van der Waals surface area contributed by atoms with Crippen LogP contribution in [0, 0.1) is 23.6 Å². The molecule has 35 heavy (non-hydrogen) atoms. The maximum Gasteiger partial charge on any atom is 0.225 e. The zero-order valence-corrected chi connectivity index (χ0v) is 21.3. The minimum Gasteiger partial charge on any atom is -0.394 e. The lowest BCUT2D eigenvalue weighted by molar-refractivity contribution is 0.0875. The van der Waals surface area contributed by atoms with Crippen LogP contribution in [0.15, 0.2) is 30.5 Å². The number of anilines is 2. The van der Waals surface area contributed by atoms with Gasteiger partial charge in [-0.25, -0.2) is 9.37 Å². The quantitative estimate of drug-likeness (QED) is 0.241. The van der Waals surface area contributed by atoms with E-state index in [2.05, 4.69) is 32.8 Å². The molecule has 1 fully saturated rings. The molecule has 194 valence electrons. The summed E-state index contributed by atoms with van der Waals surface area (Å²) in [6, 6.07) is 7.54. The van der Waals surface area contributed by atoms with E-state index in [0.29, 0.717) is 54.8 Å². The van der Waals surface area contributed by atoms with Gasteiger partial charge in [0.1, 0.15) is 0 Å². The summed E-state index contributed by atoms with van der Waals surface area (Å²) in [6.07, 6.45) is 6.83. The van der Waals surface area contributed by atoms with Crippen LogP contribution in [0.25, 0.3) is 0 Å². The maximum absolute atomic E-state index is 14.4. The van der Waals surface area contributed by atoms with Gasteiger partial charge < -0.3 is 26.2 Å². The summed E-state index contributed by atoms with van der Waals surface area (Å²) >= 11 is 6.21. The minimum absolute atomic E-state index is 0.200. The maximum atomic E-state index is 14.4. The van der Waals surface area contributed by atoms with Gasteiger partial charge in [-0.15, -0.1) is 0 Å². The van der Waals surface area contributed by atoms with Crippen molar-refractivity contribution < 1.29 is 14.6 Å². The molecule has 1 heterocycles. The highest BCUT2D eigenvalue weighted by molar-refractivity contribution is 6.31. The van der Waals surface area contributed by atoms with Gasteiger partial charge in [0.2, 0.25) is 5.95 Å². The SMILES string of the molecule is CCCC1C[C@@H](CNCCC(O)CO)C[C@H](CNc2nc(NCc3ccccc3Cl)ncc2F)C1. The summed E-state index contributed by atoms with van der Waals surface area (Å²) in [4.78, 5) is 8.42. The largest absolute Gasteiger partial charge is 0.394 e. The van der Waals surface area contributed by atoms with E-state index in [1.807, 2.05) is 24.3 Å². The summed E-state index contributed by atoms with van der Waals surface area (Å²) < 4.78 is 14.4. The average molecular weight is 508 g/mol. The van der Waals surface area contributed by atoms with Gasteiger partial charge in [0, 0.05) is 18.1 Å². The Kier molecular flexibility index (Phi) is 11.5. The van der Waals surface area contributed by atoms with E-state index in [1.54, 1.807) is 0 Å². The topological polar surface area (TPSA) is 102 Å². The van der Waals surface area contributed by atoms with Crippen molar-refractivity contribution in [1.82, 2.24) is 15.3 Å². The van der Waals surface area contributed by atoms with Crippen molar-refractivity contribution in [3.8, 4) is 0 Å². The fourth-order valence-electron chi connectivity index (χ4n) is 4.98. The van der Waals surface area contributed by atoms with Gasteiger partial charge in [-0.2, -0.15) is 4.98 Å². The van der Waals surface area contributed by atoms with Crippen LogP contribution in [0.3, 0.4) is 0 Å². The molecule has 0 bridgehead atoms. The number of nitrogens with one attached hydrogen (secondary N) is 3. The highest BCUT2D eigenvalue weighted by Crippen LogP contribution is 2.36. The normalized spacial score (nSPS) is 21.0. The fraction of sp³-hybridized carbons (Fsp3) is 0.615. The summed E-state index contributed by atoms with van der Waals surface area (Å²) in [5.74, 6) is 1.75. The van der Waals surface area contributed by atoms with Crippen molar-refractivity contribution in [3.05, 3.63) is 46.9 Å².